The van der Waals surface area contributed by atoms with Crippen molar-refractivity contribution in [2.45, 2.75) is 13.0 Å². The topological polar surface area (TPSA) is 97.4 Å². The van der Waals surface area contributed by atoms with Crippen LogP contribution in [0.1, 0.15) is 17.3 Å². The molecule has 0 saturated heterocycles. The molecule has 1 aromatic carbocycles. The summed E-state index contributed by atoms with van der Waals surface area (Å²) in [4.78, 5) is 39.1. The maximum Gasteiger partial charge on any atom is 0.340 e. The van der Waals surface area contributed by atoms with Gasteiger partial charge in [-0.1, -0.05) is 18.2 Å². The highest BCUT2D eigenvalue weighted by molar-refractivity contribution is 6.03. The molecule has 7 heteroatoms. The summed E-state index contributed by atoms with van der Waals surface area (Å²) in [5.74, 6) is -1.42. The van der Waals surface area contributed by atoms with Gasteiger partial charge in [0.25, 0.3) is 5.91 Å². The van der Waals surface area contributed by atoms with Gasteiger partial charge in [0, 0.05) is 18.1 Å². The summed E-state index contributed by atoms with van der Waals surface area (Å²) in [7, 11) is 0. The molecule has 3 amide bonds. The monoisotopic (exact) mass is 313 g/mol. The molecule has 1 atom stereocenters. The normalized spacial score (nSPS) is 11.2. The predicted octanol–water partition coefficient (Wildman–Crippen LogP) is 1.98. The number of hydrogen-bond donors (Lipinski definition) is 2. The Morgan fingerprint density at radius 2 is 1.83 bits per heavy atom. The first kappa shape index (κ1) is 16.2. The molecule has 0 aliphatic heterocycles. The van der Waals surface area contributed by atoms with Crippen LogP contribution in [-0.2, 0) is 9.53 Å². The highest BCUT2D eigenvalue weighted by atomic mass is 16.5. The molecule has 0 radical (unpaired) electrons. The van der Waals surface area contributed by atoms with Gasteiger partial charge in [-0.15, -0.1) is 0 Å². The van der Waals surface area contributed by atoms with E-state index < -0.39 is 24.0 Å². The number of esters is 1. The number of carbonyl (C=O) groups excluding carboxylic acids is 3. The van der Waals surface area contributed by atoms with Crippen molar-refractivity contribution < 1.29 is 19.1 Å². The number of ether oxygens (including phenoxy) is 1. The van der Waals surface area contributed by atoms with Gasteiger partial charge in [0.1, 0.15) is 0 Å². The SMILES string of the molecule is CC(OC(=O)c1cccnc1)C(=O)NC(=O)Nc1ccccc1. The van der Waals surface area contributed by atoms with E-state index in [-0.39, 0.29) is 5.56 Å². The summed E-state index contributed by atoms with van der Waals surface area (Å²) in [6, 6.07) is 11.0. The van der Waals surface area contributed by atoms with Gasteiger partial charge in [0.15, 0.2) is 6.10 Å². The van der Waals surface area contributed by atoms with E-state index in [1.807, 2.05) is 0 Å². The third-order valence-electron chi connectivity index (χ3n) is 2.82. The van der Waals surface area contributed by atoms with Crippen molar-refractivity contribution in [2.24, 2.45) is 0 Å². The average Bonchev–Trinajstić information content (AvgIpc) is 2.56. The molecule has 118 valence electrons. The quantitative estimate of drug-likeness (QED) is 0.841. The molecule has 1 aromatic heterocycles. The largest absolute Gasteiger partial charge is 0.449 e. The molecule has 1 heterocycles. The number of imide groups is 1. The Bertz CT molecular complexity index is 689. The Balaban J connectivity index is 1.85. The van der Waals surface area contributed by atoms with Crippen molar-refractivity contribution in [3.05, 3.63) is 60.4 Å². The molecule has 0 fully saturated rings. The smallest absolute Gasteiger partial charge is 0.340 e. The number of pyridine rings is 1. The van der Waals surface area contributed by atoms with E-state index in [9.17, 15) is 14.4 Å². The van der Waals surface area contributed by atoms with E-state index in [0.717, 1.165) is 0 Å². The number of amides is 3. The number of carbonyl (C=O) groups is 3. The van der Waals surface area contributed by atoms with Gasteiger partial charge < -0.3 is 10.1 Å². The van der Waals surface area contributed by atoms with Crippen LogP contribution in [0.4, 0.5) is 10.5 Å². The second-order valence-corrected chi connectivity index (χ2v) is 4.60. The van der Waals surface area contributed by atoms with Crippen molar-refractivity contribution >= 4 is 23.6 Å². The van der Waals surface area contributed by atoms with Crippen LogP contribution in [0.2, 0.25) is 0 Å². The molecule has 1 unspecified atom stereocenters. The zero-order valence-corrected chi connectivity index (χ0v) is 12.4. The first-order valence-corrected chi connectivity index (χ1v) is 6.84. The van der Waals surface area contributed by atoms with Crippen LogP contribution in [0.5, 0.6) is 0 Å². The Labute approximate surface area is 132 Å². The third-order valence-corrected chi connectivity index (χ3v) is 2.82. The summed E-state index contributed by atoms with van der Waals surface area (Å²) in [6.07, 6.45) is 1.72. The zero-order chi connectivity index (χ0) is 16.7. The van der Waals surface area contributed by atoms with E-state index in [1.54, 1.807) is 36.4 Å². The Hall–Kier alpha value is -3.22. The lowest BCUT2D eigenvalue weighted by Crippen LogP contribution is -2.41. The lowest BCUT2D eigenvalue weighted by molar-refractivity contribution is -0.127. The van der Waals surface area contributed by atoms with Crippen molar-refractivity contribution in [3.63, 3.8) is 0 Å². The van der Waals surface area contributed by atoms with Crippen molar-refractivity contribution in [1.29, 1.82) is 0 Å². The highest BCUT2D eigenvalue weighted by Gasteiger charge is 2.20. The molecule has 2 N–H and O–H groups in total. The first-order chi connectivity index (χ1) is 11.1. The maximum atomic E-state index is 11.8. The van der Waals surface area contributed by atoms with Crippen LogP contribution < -0.4 is 10.6 Å². The number of urea groups is 1. The molecule has 0 aliphatic carbocycles. The van der Waals surface area contributed by atoms with Crippen LogP contribution in [-0.4, -0.2) is 29.0 Å². The van der Waals surface area contributed by atoms with Gasteiger partial charge in [-0.3, -0.25) is 15.1 Å². The molecule has 23 heavy (non-hydrogen) atoms. The summed E-state index contributed by atoms with van der Waals surface area (Å²) in [6.45, 7) is 1.37. The van der Waals surface area contributed by atoms with Gasteiger partial charge in [-0.2, -0.15) is 0 Å². The molecular weight excluding hydrogens is 298 g/mol. The fourth-order valence-corrected chi connectivity index (χ4v) is 1.66. The number of benzene rings is 1. The van der Waals surface area contributed by atoms with Crippen LogP contribution in [0.3, 0.4) is 0 Å². The molecule has 0 saturated carbocycles. The fraction of sp³-hybridized carbons (Fsp3) is 0.125. The van der Waals surface area contributed by atoms with E-state index in [0.29, 0.717) is 5.69 Å². The number of aromatic nitrogens is 1. The van der Waals surface area contributed by atoms with Crippen molar-refractivity contribution in [2.75, 3.05) is 5.32 Å². The third kappa shape index (κ3) is 4.92. The number of nitrogens with zero attached hydrogens (tertiary/aromatic N) is 1. The van der Waals surface area contributed by atoms with E-state index >= 15 is 0 Å². The van der Waals surface area contributed by atoms with Crippen molar-refractivity contribution in [1.82, 2.24) is 10.3 Å². The standard InChI is InChI=1S/C16H15N3O4/c1-11(23-15(21)12-6-5-9-17-10-12)14(20)19-16(22)18-13-7-3-2-4-8-13/h2-11H,1H3,(H2,18,19,20,22). The Kier molecular flexibility index (Phi) is 5.40. The molecule has 2 rings (SSSR count). The Morgan fingerprint density at radius 3 is 2.48 bits per heavy atom. The maximum absolute atomic E-state index is 11.8. The summed E-state index contributed by atoms with van der Waals surface area (Å²) < 4.78 is 4.98. The number of para-hydroxylation sites is 1. The molecule has 0 spiro atoms. The Morgan fingerprint density at radius 1 is 1.09 bits per heavy atom. The number of rotatable bonds is 4. The molecule has 7 nitrogen and oxygen atoms in total. The van der Waals surface area contributed by atoms with Crippen LogP contribution in [0, 0.1) is 0 Å². The molecular formula is C16H15N3O4. The highest BCUT2D eigenvalue weighted by Crippen LogP contribution is 2.05. The first-order valence-electron chi connectivity index (χ1n) is 6.84. The number of hydrogen-bond acceptors (Lipinski definition) is 5. The van der Waals surface area contributed by atoms with Crippen LogP contribution >= 0.6 is 0 Å². The summed E-state index contributed by atoms with van der Waals surface area (Å²) in [5.41, 5.74) is 0.763. The van der Waals surface area contributed by atoms with E-state index in [4.69, 9.17) is 4.74 Å². The second-order valence-electron chi connectivity index (χ2n) is 4.60. The summed E-state index contributed by atoms with van der Waals surface area (Å²) in [5, 5.41) is 4.59. The minimum atomic E-state index is -1.12. The minimum Gasteiger partial charge on any atom is -0.449 e. The van der Waals surface area contributed by atoms with Gasteiger partial charge in [-0.05, 0) is 31.2 Å². The van der Waals surface area contributed by atoms with Crippen LogP contribution in [0.15, 0.2) is 54.9 Å². The van der Waals surface area contributed by atoms with E-state index in [2.05, 4.69) is 15.6 Å². The zero-order valence-electron chi connectivity index (χ0n) is 12.4. The van der Waals surface area contributed by atoms with Gasteiger partial charge in [-0.25, -0.2) is 9.59 Å². The fourth-order valence-electron chi connectivity index (χ4n) is 1.66. The lowest BCUT2D eigenvalue weighted by Gasteiger charge is -2.13. The van der Waals surface area contributed by atoms with Crippen molar-refractivity contribution in [3.8, 4) is 0 Å². The second kappa shape index (κ2) is 7.69. The lowest BCUT2D eigenvalue weighted by atomic mass is 10.3. The predicted molar refractivity (Wildman–Crippen MR) is 82.7 cm³/mol. The number of anilines is 1. The van der Waals surface area contributed by atoms with Gasteiger partial charge >= 0.3 is 12.0 Å². The molecule has 2 aromatic rings. The van der Waals surface area contributed by atoms with E-state index in [1.165, 1.54) is 25.4 Å². The number of nitrogens with one attached hydrogen (secondary N) is 2. The van der Waals surface area contributed by atoms with Crippen LogP contribution in [0.25, 0.3) is 0 Å². The minimum absolute atomic E-state index is 0.223. The van der Waals surface area contributed by atoms with Gasteiger partial charge in [0.05, 0.1) is 5.56 Å². The summed E-state index contributed by atoms with van der Waals surface area (Å²) >= 11 is 0. The van der Waals surface area contributed by atoms with Gasteiger partial charge in [0.2, 0.25) is 0 Å². The molecule has 0 aliphatic rings. The average molecular weight is 313 g/mol. The molecule has 0 bridgehead atoms.